The lowest BCUT2D eigenvalue weighted by atomic mass is 10.0. The molecule has 1 aromatic heterocycles. The zero-order valence-corrected chi connectivity index (χ0v) is 19.8. The Morgan fingerprint density at radius 2 is 1.91 bits per heavy atom. The standard InChI is InChI=1S/C25H27ClN4O4/c1-33-16-15-29(25(32)19-7-3-2-4-8-19)17-22(31)30-14-6-5-9-21(30)24-27-23(28-34-24)18-10-12-20(26)13-11-18/h2-4,7-8,10-13,21H,5-6,9,14-17H2,1H3. The molecule has 34 heavy (non-hydrogen) atoms. The van der Waals surface area contributed by atoms with E-state index in [-0.39, 0.29) is 24.4 Å². The Kier molecular flexibility index (Phi) is 7.92. The van der Waals surface area contributed by atoms with Crippen molar-refractivity contribution in [3.8, 4) is 11.4 Å². The molecule has 178 valence electrons. The predicted octanol–water partition coefficient (Wildman–Crippen LogP) is 4.23. The van der Waals surface area contributed by atoms with Crippen LogP contribution in [0.15, 0.2) is 59.1 Å². The summed E-state index contributed by atoms with van der Waals surface area (Å²) in [6.07, 6.45) is 2.55. The van der Waals surface area contributed by atoms with Crippen molar-refractivity contribution in [2.75, 3.05) is 33.4 Å². The molecule has 1 aliphatic rings. The van der Waals surface area contributed by atoms with Gasteiger partial charge in [0, 0.05) is 36.3 Å². The quantitative estimate of drug-likeness (QED) is 0.477. The molecule has 2 aromatic carbocycles. The van der Waals surface area contributed by atoms with E-state index < -0.39 is 0 Å². The Labute approximate surface area is 203 Å². The Bertz CT molecular complexity index is 1100. The number of benzene rings is 2. The van der Waals surface area contributed by atoms with Crippen molar-refractivity contribution in [3.05, 3.63) is 71.1 Å². The number of hydrogen-bond acceptors (Lipinski definition) is 6. The van der Waals surface area contributed by atoms with Crippen LogP contribution in [-0.2, 0) is 9.53 Å². The molecule has 2 amide bonds. The SMILES string of the molecule is COCCN(CC(=O)N1CCCCC1c1nc(-c2ccc(Cl)cc2)no1)C(=O)c1ccccc1. The average Bonchev–Trinajstić information content (AvgIpc) is 3.37. The molecule has 1 unspecified atom stereocenters. The number of aromatic nitrogens is 2. The lowest BCUT2D eigenvalue weighted by molar-refractivity contribution is -0.136. The number of carbonyl (C=O) groups is 2. The first-order valence-electron chi connectivity index (χ1n) is 11.3. The van der Waals surface area contributed by atoms with Crippen LogP contribution in [0.1, 0.15) is 41.6 Å². The van der Waals surface area contributed by atoms with E-state index in [1.807, 2.05) is 18.2 Å². The van der Waals surface area contributed by atoms with Gasteiger partial charge in [0.15, 0.2) is 0 Å². The molecule has 0 spiro atoms. The number of amides is 2. The van der Waals surface area contributed by atoms with Crippen molar-refractivity contribution in [1.82, 2.24) is 19.9 Å². The van der Waals surface area contributed by atoms with E-state index in [0.717, 1.165) is 24.8 Å². The van der Waals surface area contributed by atoms with Gasteiger partial charge < -0.3 is 19.1 Å². The topological polar surface area (TPSA) is 88.8 Å². The van der Waals surface area contributed by atoms with Crippen molar-refractivity contribution in [3.63, 3.8) is 0 Å². The number of likely N-dealkylation sites (tertiary alicyclic amines) is 1. The smallest absolute Gasteiger partial charge is 0.254 e. The Hall–Kier alpha value is -3.23. The van der Waals surface area contributed by atoms with Crippen LogP contribution in [0, 0.1) is 0 Å². The molecule has 4 rings (SSSR count). The molecule has 9 heteroatoms. The molecule has 0 bridgehead atoms. The Morgan fingerprint density at radius 1 is 1.15 bits per heavy atom. The second-order valence-electron chi connectivity index (χ2n) is 8.15. The highest BCUT2D eigenvalue weighted by molar-refractivity contribution is 6.30. The maximum Gasteiger partial charge on any atom is 0.254 e. The van der Waals surface area contributed by atoms with E-state index >= 15 is 0 Å². The van der Waals surface area contributed by atoms with Crippen LogP contribution in [-0.4, -0.2) is 65.1 Å². The number of piperidine rings is 1. The van der Waals surface area contributed by atoms with Crippen LogP contribution in [0.4, 0.5) is 0 Å². The summed E-state index contributed by atoms with van der Waals surface area (Å²) in [5, 5.41) is 4.73. The zero-order chi connectivity index (χ0) is 23.9. The second kappa shape index (κ2) is 11.3. The van der Waals surface area contributed by atoms with Gasteiger partial charge in [0.05, 0.1) is 6.61 Å². The maximum absolute atomic E-state index is 13.4. The summed E-state index contributed by atoms with van der Waals surface area (Å²) in [6.45, 7) is 1.17. The lowest BCUT2D eigenvalue weighted by Crippen LogP contribution is -2.46. The minimum Gasteiger partial charge on any atom is -0.383 e. The lowest BCUT2D eigenvalue weighted by Gasteiger charge is -2.35. The second-order valence-corrected chi connectivity index (χ2v) is 8.58. The van der Waals surface area contributed by atoms with Gasteiger partial charge in [0.2, 0.25) is 17.6 Å². The minimum absolute atomic E-state index is 0.0498. The molecule has 1 saturated heterocycles. The van der Waals surface area contributed by atoms with Crippen molar-refractivity contribution in [2.45, 2.75) is 25.3 Å². The van der Waals surface area contributed by atoms with E-state index in [0.29, 0.717) is 42.0 Å². The molecule has 8 nitrogen and oxygen atoms in total. The van der Waals surface area contributed by atoms with E-state index in [1.165, 1.54) is 4.90 Å². The predicted molar refractivity (Wildman–Crippen MR) is 127 cm³/mol. The summed E-state index contributed by atoms with van der Waals surface area (Å²) in [6, 6.07) is 15.8. The van der Waals surface area contributed by atoms with E-state index in [9.17, 15) is 9.59 Å². The molecular formula is C25H27ClN4O4. The summed E-state index contributed by atoms with van der Waals surface area (Å²) in [5.74, 6) is 0.486. The van der Waals surface area contributed by atoms with Gasteiger partial charge in [-0.2, -0.15) is 4.98 Å². The van der Waals surface area contributed by atoms with Gasteiger partial charge in [-0.3, -0.25) is 9.59 Å². The first kappa shape index (κ1) is 23.9. The molecule has 1 aliphatic heterocycles. The zero-order valence-electron chi connectivity index (χ0n) is 19.0. The number of nitrogens with zero attached hydrogens (tertiary/aromatic N) is 4. The van der Waals surface area contributed by atoms with Crippen LogP contribution < -0.4 is 0 Å². The molecule has 0 radical (unpaired) electrons. The fourth-order valence-corrected chi connectivity index (χ4v) is 4.17. The van der Waals surface area contributed by atoms with Gasteiger partial charge in [0.25, 0.3) is 5.91 Å². The molecule has 0 aliphatic carbocycles. The third kappa shape index (κ3) is 5.63. The summed E-state index contributed by atoms with van der Waals surface area (Å²) < 4.78 is 10.7. The molecule has 1 fully saturated rings. The largest absolute Gasteiger partial charge is 0.383 e. The molecule has 1 atom stereocenters. The minimum atomic E-state index is -0.328. The molecule has 3 aromatic rings. The van der Waals surface area contributed by atoms with Crippen LogP contribution in [0.2, 0.25) is 5.02 Å². The van der Waals surface area contributed by atoms with Gasteiger partial charge in [-0.05, 0) is 55.7 Å². The van der Waals surface area contributed by atoms with Crippen molar-refractivity contribution < 1.29 is 18.8 Å². The van der Waals surface area contributed by atoms with Crippen LogP contribution in [0.5, 0.6) is 0 Å². The number of ether oxygens (including phenoxy) is 1. The number of carbonyl (C=O) groups excluding carboxylic acids is 2. The van der Waals surface area contributed by atoms with Crippen molar-refractivity contribution in [2.24, 2.45) is 0 Å². The number of halogens is 1. The van der Waals surface area contributed by atoms with Crippen LogP contribution in [0.25, 0.3) is 11.4 Å². The summed E-state index contributed by atoms with van der Waals surface area (Å²) >= 11 is 5.97. The van der Waals surface area contributed by atoms with Crippen LogP contribution >= 0.6 is 11.6 Å². The van der Waals surface area contributed by atoms with Gasteiger partial charge >= 0.3 is 0 Å². The third-order valence-electron chi connectivity index (χ3n) is 5.85. The number of rotatable bonds is 8. The monoisotopic (exact) mass is 482 g/mol. The van der Waals surface area contributed by atoms with E-state index in [4.69, 9.17) is 20.9 Å². The average molecular weight is 483 g/mol. The molecular weight excluding hydrogens is 456 g/mol. The van der Waals surface area contributed by atoms with E-state index in [1.54, 1.807) is 48.4 Å². The molecule has 0 saturated carbocycles. The van der Waals surface area contributed by atoms with Gasteiger partial charge in [0.1, 0.15) is 12.6 Å². The Morgan fingerprint density at radius 3 is 2.65 bits per heavy atom. The normalized spacial score (nSPS) is 15.8. The van der Waals surface area contributed by atoms with E-state index in [2.05, 4.69) is 10.1 Å². The number of hydrogen-bond donors (Lipinski definition) is 0. The van der Waals surface area contributed by atoms with Gasteiger partial charge in [-0.15, -0.1) is 0 Å². The van der Waals surface area contributed by atoms with Crippen LogP contribution in [0.3, 0.4) is 0 Å². The fourth-order valence-electron chi connectivity index (χ4n) is 4.04. The highest BCUT2D eigenvalue weighted by Gasteiger charge is 2.33. The molecule has 0 N–H and O–H groups in total. The third-order valence-corrected chi connectivity index (χ3v) is 6.10. The number of methoxy groups -OCH3 is 1. The summed E-state index contributed by atoms with van der Waals surface area (Å²) in [4.78, 5) is 34.3. The highest BCUT2D eigenvalue weighted by Crippen LogP contribution is 2.31. The van der Waals surface area contributed by atoms with Crippen molar-refractivity contribution >= 4 is 23.4 Å². The first-order chi connectivity index (χ1) is 16.6. The highest BCUT2D eigenvalue weighted by atomic mass is 35.5. The van der Waals surface area contributed by atoms with Crippen molar-refractivity contribution in [1.29, 1.82) is 0 Å². The van der Waals surface area contributed by atoms with Gasteiger partial charge in [-0.1, -0.05) is 35.0 Å². The first-order valence-corrected chi connectivity index (χ1v) is 11.7. The Balaban J connectivity index is 1.51. The molecule has 2 heterocycles. The summed E-state index contributed by atoms with van der Waals surface area (Å²) in [5.41, 5.74) is 1.32. The van der Waals surface area contributed by atoms with Gasteiger partial charge in [-0.25, -0.2) is 0 Å². The fraction of sp³-hybridized carbons (Fsp3) is 0.360. The maximum atomic E-state index is 13.4. The summed E-state index contributed by atoms with van der Waals surface area (Å²) in [7, 11) is 1.57.